The lowest BCUT2D eigenvalue weighted by atomic mass is 10.1. The predicted octanol–water partition coefficient (Wildman–Crippen LogP) is 4.07. The molecule has 168 valence electrons. The number of ether oxygens (including phenoxy) is 2. The summed E-state index contributed by atoms with van der Waals surface area (Å²) in [5.74, 6) is 0.946. The van der Waals surface area contributed by atoms with Gasteiger partial charge in [-0.2, -0.15) is 0 Å². The molecule has 0 radical (unpaired) electrons. The smallest absolute Gasteiger partial charge is 0.339 e. The highest BCUT2D eigenvalue weighted by molar-refractivity contribution is 7.99. The molecule has 0 atom stereocenters. The van der Waals surface area contributed by atoms with Crippen molar-refractivity contribution in [2.24, 2.45) is 0 Å². The molecule has 1 N–H and O–H groups in total. The average Bonchev–Trinajstić information content (AvgIpc) is 3.20. The number of rotatable bonds is 9. The molecule has 8 nitrogen and oxygen atoms in total. The van der Waals surface area contributed by atoms with Gasteiger partial charge in [0.05, 0.1) is 30.6 Å². The van der Waals surface area contributed by atoms with Crippen LogP contribution in [0.3, 0.4) is 0 Å². The number of nitrogens with one attached hydrogen (secondary N) is 1. The number of amides is 1. The lowest BCUT2D eigenvalue weighted by Crippen LogP contribution is -2.15. The van der Waals surface area contributed by atoms with Crippen LogP contribution in [0.5, 0.6) is 5.75 Å². The fourth-order valence-corrected chi connectivity index (χ4v) is 4.01. The van der Waals surface area contributed by atoms with Crippen LogP contribution in [0.4, 0.5) is 5.69 Å². The molecule has 0 fully saturated rings. The second kappa shape index (κ2) is 11.0. The molecule has 0 unspecified atom stereocenters. The number of thioether (sulfide) groups is 1. The zero-order valence-corrected chi connectivity index (χ0v) is 19.5. The number of anilines is 1. The summed E-state index contributed by atoms with van der Waals surface area (Å²) in [6.45, 7) is 2.69. The Hall–Kier alpha value is -3.04. The summed E-state index contributed by atoms with van der Waals surface area (Å²) in [5, 5.41) is 12.2. The Morgan fingerprint density at radius 3 is 2.53 bits per heavy atom. The molecule has 3 aromatic rings. The summed E-state index contributed by atoms with van der Waals surface area (Å²) in [6.07, 6.45) is 0.624. The molecule has 0 saturated carbocycles. The van der Waals surface area contributed by atoms with Crippen molar-refractivity contribution in [1.82, 2.24) is 14.8 Å². The first-order chi connectivity index (χ1) is 15.4. The van der Waals surface area contributed by atoms with E-state index < -0.39 is 5.97 Å². The molecule has 0 aliphatic rings. The molecule has 1 aromatic heterocycles. The molecule has 0 saturated heterocycles. The van der Waals surface area contributed by atoms with Gasteiger partial charge in [-0.25, -0.2) is 4.79 Å². The van der Waals surface area contributed by atoms with Gasteiger partial charge in [-0.1, -0.05) is 35.5 Å². The summed E-state index contributed by atoms with van der Waals surface area (Å²) >= 11 is 7.31. The van der Waals surface area contributed by atoms with Gasteiger partial charge in [-0.15, -0.1) is 10.2 Å². The highest BCUT2D eigenvalue weighted by Crippen LogP contribution is 2.23. The van der Waals surface area contributed by atoms with E-state index in [9.17, 15) is 9.59 Å². The number of carbonyl (C=O) groups is 2. The number of halogens is 1. The molecule has 10 heteroatoms. The van der Waals surface area contributed by atoms with Crippen LogP contribution >= 0.6 is 23.4 Å². The van der Waals surface area contributed by atoms with Crippen molar-refractivity contribution in [2.75, 3.05) is 25.3 Å². The zero-order valence-electron chi connectivity index (χ0n) is 17.9. The number of esters is 1. The van der Waals surface area contributed by atoms with Crippen molar-refractivity contribution < 1.29 is 19.1 Å². The van der Waals surface area contributed by atoms with Gasteiger partial charge < -0.3 is 19.4 Å². The first kappa shape index (κ1) is 23.6. The predicted molar refractivity (Wildman–Crippen MR) is 124 cm³/mol. The third-order valence-corrected chi connectivity index (χ3v) is 5.92. The van der Waals surface area contributed by atoms with Gasteiger partial charge in [-0.3, -0.25) is 4.79 Å². The second-order valence-electron chi connectivity index (χ2n) is 6.69. The van der Waals surface area contributed by atoms with E-state index in [1.807, 2.05) is 35.8 Å². The molecule has 32 heavy (non-hydrogen) atoms. The van der Waals surface area contributed by atoms with E-state index in [0.717, 1.165) is 17.1 Å². The summed E-state index contributed by atoms with van der Waals surface area (Å²) in [5.41, 5.74) is 1.73. The zero-order chi connectivity index (χ0) is 23.1. The minimum absolute atomic E-state index is 0.136. The monoisotopic (exact) mass is 474 g/mol. The molecule has 0 bridgehead atoms. The summed E-state index contributed by atoms with van der Waals surface area (Å²) in [7, 11) is 2.90. The normalized spacial score (nSPS) is 10.6. The van der Waals surface area contributed by atoms with E-state index in [2.05, 4.69) is 15.5 Å². The number of nitrogens with zero attached hydrogens (tertiary/aromatic N) is 3. The summed E-state index contributed by atoms with van der Waals surface area (Å²) in [4.78, 5) is 24.2. The maximum Gasteiger partial charge on any atom is 0.339 e. The van der Waals surface area contributed by atoms with E-state index in [4.69, 9.17) is 21.1 Å². The lowest BCUT2D eigenvalue weighted by molar-refractivity contribution is -0.113. The summed E-state index contributed by atoms with van der Waals surface area (Å²) < 4.78 is 11.9. The maximum absolute atomic E-state index is 12.4. The van der Waals surface area contributed by atoms with Crippen LogP contribution in [0.15, 0.2) is 47.6 Å². The molecule has 1 heterocycles. The average molecular weight is 475 g/mol. The van der Waals surface area contributed by atoms with Gasteiger partial charge >= 0.3 is 5.97 Å². The van der Waals surface area contributed by atoms with E-state index >= 15 is 0 Å². The molecule has 3 rings (SSSR count). The third-order valence-electron chi connectivity index (χ3n) is 4.62. The van der Waals surface area contributed by atoms with Crippen molar-refractivity contribution in [3.05, 3.63) is 64.4 Å². The second-order valence-corrected chi connectivity index (χ2v) is 8.04. The highest BCUT2D eigenvalue weighted by Gasteiger charge is 2.15. The SMILES string of the molecule is CCn1c(Cc2ccc(OC)cc2)nnc1SCC(=O)Nc1ccc(Cl)c(C(=O)OC)c1. The molecule has 0 aliphatic carbocycles. The van der Waals surface area contributed by atoms with Gasteiger partial charge in [0.2, 0.25) is 5.91 Å². The minimum atomic E-state index is -0.569. The van der Waals surface area contributed by atoms with Gasteiger partial charge in [0, 0.05) is 18.7 Å². The topological polar surface area (TPSA) is 95.3 Å². The fraction of sp³-hybridized carbons (Fsp3) is 0.273. The molecule has 0 spiro atoms. The quantitative estimate of drug-likeness (QED) is 0.369. The molecule has 1 amide bonds. The first-order valence-corrected chi connectivity index (χ1v) is 11.2. The molecule has 0 aliphatic heterocycles. The standard InChI is InChI=1S/C22H23ClN4O4S/c1-4-27-19(11-14-5-8-16(30-2)9-6-14)25-26-22(27)32-13-20(28)24-15-7-10-18(23)17(12-15)21(29)31-3/h5-10,12H,4,11,13H2,1-3H3,(H,24,28). The van der Waals surface area contributed by atoms with Crippen LogP contribution in [-0.2, 0) is 22.5 Å². The van der Waals surface area contributed by atoms with Crippen LogP contribution in [0.2, 0.25) is 5.02 Å². The molecular formula is C22H23ClN4O4S. The molecular weight excluding hydrogens is 452 g/mol. The first-order valence-electron chi connectivity index (χ1n) is 9.80. The number of methoxy groups -OCH3 is 2. The van der Waals surface area contributed by atoms with Gasteiger partial charge in [0.25, 0.3) is 0 Å². The van der Waals surface area contributed by atoms with Gasteiger partial charge in [-0.05, 0) is 42.8 Å². The number of hydrogen-bond acceptors (Lipinski definition) is 7. The van der Waals surface area contributed by atoms with E-state index in [0.29, 0.717) is 23.8 Å². The van der Waals surface area contributed by atoms with Gasteiger partial charge in [0.1, 0.15) is 11.6 Å². The Bertz CT molecular complexity index is 1100. The molecule has 2 aromatic carbocycles. The Labute approximate surface area is 195 Å². The number of hydrogen-bond donors (Lipinski definition) is 1. The largest absolute Gasteiger partial charge is 0.497 e. The fourth-order valence-electron chi connectivity index (χ4n) is 3.00. The van der Waals surface area contributed by atoms with Crippen LogP contribution < -0.4 is 10.1 Å². The van der Waals surface area contributed by atoms with Crippen LogP contribution in [-0.4, -0.2) is 46.6 Å². The number of aromatic nitrogens is 3. The Balaban J connectivity index is 1.63. The van der Waals surface area contributed by atoms with Gasteiger partial charge in [0.15, 0.2) is 5.16 Å². The van der Waals surface area contributed by atoms with Crippen LogP contribution in [0, 0.1) is 0 Å². The Morgan fingerprint density at radius 2 is 1.88 bits per heavy atom. The maximum atomic E-state index is 12.4. The Morgan fingerprint density at radius 1 is 1.12 bits per heavy atom. The third kappa shape index (κ3) is 5.80. The van der Waals surface area contributed by atoms with E-state index in [-0.39, 0.29) is 22.2 Å². The number of carbonyl (C=O) groups excluding carboxylic acids is 2. The van der Waals surface area contributed by atoms with Crippen molar-refractivity contribution in [3.8, 4) is 5.75 Å². The van der Waals surface area contributed by atoms with E-state index in [1.165, 1.54) is 31.0 Å². The van der Waals surface area contributed by atoms with Crippen molar-refractivity contribution in [2.45, 2.75) is 25.0 Å². The minimum Gasteiger partial charge on any atom is -0.497 e. The van der Waals surface area contributed by atoms with E-state index in [1.54, 1.807) is 13.2 Å². The summed E-state index contributed by atoms with van der Waals surface area (Å²) in [6, 6.07) is 12.4. The van der Waals surface area contributed by atoms with Crippen molar-refractivity contribution in [3.63, 3.8) is 0 Å². The van der Waals surface area contributed by atoms with Crippen molar-refractivity contribution in [1.29, 1.82) is 0 Å². The lowest BCUT2D eigenvalue weighted by Gasteiger charge is -2.09. The van der Waals surface area contributed by atoms with Crippen LogP contribution in [0.25, 0.3) is 0 Å². The van der Waals surface area contributed by atoms with Crippen LogP contribution in [0.1, 0.15) is 28.7 Å². The Kier molecular flexibility index (Phi) is 8.13. The highest BCUT2D eigenvalue weighted by atomic mass is 35.5. The number of benzene rings is 2. The van der Waals surface area contributed by atoms with Crippen molar-refractivity contribution >= 4 is 40.9 Å².